The number of carbonyl (C=O) groups is 1. The third-order valence-corrected chi connectivity index (χ3v) is 5.08. The minimum atomic E-state index is -0.133. The molecule has 3 aromatic rings. The van der Waals surface area contributed by atoms with Gasteiger partial charge in [0.2, 0.25) is 5.91 Å². The first-order valence-corrected chi connectivity index (χ1v) is 9.69. The Morgan fingerprint density at radius 2 is 1.89 bits per heavy atom. The first-order valence-electron chi connectivity index (χ1n) is 8.44. The molecule has 1 aromatic heterocycles. The van der Waals surface area contributed by atoms with Gasteiger partial charge in [0, 0.05) is 22.0 Å². The molecule has 7 heteroatoms. The van der Waals surface area contributed by atoms with Gasteiger partial charge >= 0.3 is 0 Å². The number of nitrogens with zero attached hydrogens (tertiary/aromatic N) is 1. The monoisotopic (exact) mass is 401 g/mol. The number of nitrogens with one attached hydrogen (secondary N) is 2. The van der Waals surface area contributed by atoms with Crippen LogP contribution in [0.25, 0.3) is 11.3 Å². The fourth-order valence-corrected chi connectivity index (χ4v) is 3.37. The summed E-state index contributed by atoms with van der Waals surface area (Å²) in [5.41, 5.74) is 2.87. The summed E-state index contributed by atoms with van der Waals surface area (Å²) in [4.78, 5) is 16.7. The van der Waals surface area contributed by atoms with Gasteiger partial charge in [-0.25, -0.2) is 4.98 Å². The zero-order valence-corrected chi connectivity index (χ0v) is 16.6. The van der Waals surface area contributed by atoms with Gasteiger partial charge in [0.1, 0.15) is 5.75 Å². The highest BCUT2D eigenvalue weighted by molar-refractivity contribution is 7.14. The summed E-state index contributed by atoms with van der Waals surface area (Å²) < 4.78 is 5.16. The van der Waals surface area contributed by atoms with Crippen LogP contribution in [-0.4, -0.2) is 24.5 Å². The summed E-state index contributed by atoms with van der Waals surface area (Å²) in [5, 5.41) is 9.22. The van der Waals surface area contributed by atoms with Crippen molar-refractivity contribution in [1.29, 1.82) is 0 Å². The van der Waals surface area contributed by atoms with Crippen LogP contribution in [0.15, 0.2) is 53.9 Å². The number of ether oxygens (including phenoxy) is 1. The molecular formula is C20H20ClN3O2S. The molecular weight excluding hydrogens is 382 g/mol. The molecule has 1 atom stereocenters. The van der Waals surface area contributed by atoms with Gasteiger partial charge in [-0.05, 0) is 48.9 Å². The Morgan fingerprint density at radius 3 is 2.56 bits per heavy atom. The molecule has 0 bridgehead atoms. The van der Waals surface area contributed by atoms with E-state index < -0.39 is 0 Å². The number of benzene rings is 2. The lowest BCUT2D eigenvalue weighted by molar-refractivity contribution is -0.115. The van der Waals surface area contributed by atoms with Crippen LogP contribution in [0.1, 0.15) is 18.5 Å². The lowest BCUT2D eigenvalue weighted by Gasteiger charge is -2.13. The molecule has 27 heavy (non-hydrogen) atoms. The number of rotatable bonds is 7. The van der Waals surface area contributed by atoms with Gasteiger partial charge in [0.15, 0.2) is 5.13 Å². The van der Waals surface area contributed by atoms with Crippen LogP contribution in [0.5, 0.6) is 5.75 Å². The standard InChI is InChI=1S/C20H20ClN3O2S/c1-13(14-3-7-16(21)8-4-14)22-11-19(25)24-20-23-18(12-27-20)15-5-9-17(26-2)10-6-15/h3-10,12-13,22H,11H2,1-2H3,(H,23,24,25). The Bertz CT molecular complexity index is 894. The van der Waals surface area contributed by atoms with Crippen molar-refractivity contribution in [3.05, 3.63) is 64.5 Å². The predicted molar refractivity (Wildman–Crippen MR) is 111 cm³/mol. The maximum absolute atomic E-state index is 12.2. The molecule has 140 valence electrons. The van der Waals surface area contributed by atoms with Crippen molar-refractivity contribution in [1.82, 2.24) is 10.3 Å². The Morgan fingerprint density at radius 1 is 1.19 bits per heavy atom. The van der Waals surface area contributed by atoms with E-state index in [9.17, 15) is 4.79 Å². The van der Waals surface area contributed by atoms with E-state index >= 15 is 0 Å². The van der Waals surface area contributed by atoms with Gasteiger partial charge in [0.25, 0.3) is 0 Å². The lowest BCUT2D eigenvalue weighted by Crippen LogP contribution is -2.30. The second-order valence-electron chi connectivity index (χ2n) is 5.97. The number of anilines is 1. The van der Waals surface area contributed by atoms with E-state index in [0.29, 0.717) is 10.2 Å². The summed E-state index contributed by atoms with van der Waals surface area (Å²) in [6, 6.07) is 15.3. The zero-order valence-electron chi connectivity index (χ0n) is 15.0. The van der Waals surface area contributed by atoms with E-state index in [2.05, 4.69) is 15.6 Å². The highest BCUT2D eigenvalue weighted by Gasteiger charge is 2.11. The fraction of sp³-hybridized carbons (Fsp3) is 0.200. The average molecular weight is 402 g/mol. The number of hydrogen-bond acceptors (Lipinski definition) is 5. The molecule has 0 aliphatic heterocycles. The Kier molecular flexibility index (Phi) is 6.45. The summed E-state index contributed by atoms with van der Waals surface area (Å²) in [6.45, 7) is 2.20. The van der Waals surface area contributed by atoms with Gasteiger partial charge in [-0.15, -0.1) is 11.3 Å². The normalized spacial score (nSPS) is 11.8. The molecule has 0 radical (unpaired) electrons. The van der Waals surface area contributed by atoms with Gasteiger partial charge < -0.3 is 15.4 Å². The second-order valence-corrected chi connectivity index (χ2v) is 7.26. The van der Waals surface area contributed by atoms with Crippen LogP contribution >= 0.6 is 22.9 Å². The molecule has 5 nitrogen and oxygen atoms in total. The van der Waals surface area contributed by atoms with Crippen LogP contribution in [0, 0.1) is 0 Å². The number of carbonyl (C=O) groups excluding carboxylic acids is 1. The molecule has 0 fully saturated rings. The van der Waals surface area contributed by atoms with E-state index in [1.54, 1.807) is 7.11 Å². The Labute approximate surface area is 167 Å². The molecule has 1 unspecified atom stereocenters. The van der Waals surface area contributed by atoms with E-state index in [4.69, 9.17) is 16.3 Å². The molecule has 0 saturated heterocycles. The molecule has 1 amide bonds. The number of thiazole rings is 1. The zero-order chi connectivity index (χ0) is 19.2. The van der Waals surface area contributed by atoms with E-state index in [0.717, 1.165) is 22.6 Å². The van der Waals surface area contributed by atoms with Crippen LogP contribution in [0.4, 0.5) is 5.13 Å². The lowest BCUT2D eigenvalue weighted by atomic mass is 10.1. The SMILES string of the molecule is COc1ccc(-c2csc(NC(=O)CNC(C)c3ccc(Cl)cc3)n2)cc1. The van der Waals surface area contributed by atoms with Gasteiger partial charge in [-0.3, -0.25) is 4.79 Å². The van der Waals surface area contributed by atoms with Crippen molar-refractivity contribution in [3.8, 4) is 17.0 Å². The second kappa shape index (κ2) is 8.99. The molecule has 2 N–H and O–H groups in total. The molecule has 2 aromatic carbocycles. The molecule has 0 aliphatic carbocycles. The maximum Gasteiger partial charge on any atom is 0.240 e. The highest BCUT2D eigenvalue weighted by Crippen LogP contribution is 2.26. The van der Waals surface area contributed by atoms with Gasteiger partial charge in [-0.1, -0.05) is 23.7 Å². The minimum Gasteiger partial charge on any atom is -0.497 e. The fourth-order valence-electron chi connectivity index (χ4n) is 2.50. The summed E-state index contributed by atoms with van der Waals surface area (Å²) in [7, 11) is 1.63. The van der Waals surface area contributed by atoms with Crippen molar-refractivity contribution in [2.45, 2.75) is 13.0 Å². The third-order valence-electron chi connectivity index (χ3n) is 4.08. The van der Waals surface area contributed by atoms with E-state index in [1.165, 1.54) is 11.3 Å². The molecule has 0 saturated carbocycles. The smallest absolute Gasteiger partial charge is 0.240 e. The number of hydrogen-bond donors (Lipinski definition) is 2. The number of halogens is 1. The Balaban J connectivity index is 1.53. The summed E-state index contributed by atoms with van der Waals surface area (Å²) >= 11 is 7.30. The van der Waals surface area contributed by atoms with E-state index in [1.807, 2.05) is 60.8 Å². The van der Waals surface area contributed by atoms with Crippen LogP contribution in [0.2, 0.25) is 5.02 Å². The number of methoxy groups -OCH3 is 1. The average Bonchev–Trinajstić information content (AvgIpc) is 3.15. The maximum atomic E-state index is 12.2. The Hall–Kier alpha value is -2.41. The van der Waals surface area contributed by atoms with Crippen molar-refractivity contribution in [2.24, 2.45) is 0 Å². The summed E-state index contributed by atoms with van der Waals surface area (Å²) in [5.74, 6) is 0.662. The van der Waals surface area contributed by atoms with Crippen LogP contribution in [0.3, 0.4) is 0 Å². The number of aromatic nitrogens is 1. The van der Waals surface area contributed by atoms with Crippen LogP contribution in [-0.2, 0) is 4.79 Å². The number of amides is 1. The van der Waals surface area contributed by atoms with Gasteiger partial charge in [0.05, 0.1) is 19.3 Å². The van der Waals surface area contributed by atoms with Gasteiger partial charge in [-0.2, -0.15) is 0 Å². The quantitative estimate of drug-likeness (QED) is 0.599. The van der Waals surface area contributed by atoms with Crippen molar-refractivity contribution in [3.63, 3.8) is 0 Å². The first kappa shape index (κ1) is 19.4. The molecule has 1 heterocycles. The minimum absolute atomic E-state index is 0.0409. The molecule has 3 rings (SSSR count). The largest absolute Gasteiger partial charge is 0.497 e. The predicted octanol–water partition coefficient (Wildman–Crippen LogP) is 4.76. The molecule has 0 aliphatic rings. The first-order chi connectivity index (χ1) is 13.0. The van der Waals surface area contributed by atoms with Crippen molar-refractivity contribution < 1.29 is 9.53 Å². The summed E-state index contributed by atoms with van der Waals surface area (Å²) in [6.07, 6.45) is 0. The molecule has 0 spiro atoms. The van der Waals surface area contributed by atoms with Crippen molar-refractivity contribution in [2.75, 3.05) is 19.0 Å². The topological polar surface area (TPSA) is 63.2 Å². The highest BCUT2D eigenvalue weighted by atomic mass is 35.5. The van der Waals surface area contributed by atoms with Crippen LogP contribution < -0.4 is 15.4 Å². The third kappa shape index (κ3) is 5.29. The van der Waals surface area contributed by atoms with Crippen molar-refractivity contribution >= 4 is 34.0 Å². The van der Waals surface area contributed by atoms with E-state index in [-0.39, 0.29) is 18.5 Å².